The number of hydrogen-bond acceptors (Lipinski definition) is 6. The zero-order chi connectivity index (χ0) is 23.5. The minimum atomic E-state index is -0.425. The van der Waals surface area contributed by atoms with E-state index >= 15 is 0 Å². The van der Waals surface area contributed by atoms with Gasteiger partial charge in [-0.2, -0.15) is 0 Å². The summed E-state index contributed by atoms with van der Waals surface area (Å²) in [6.45, 7) is 0.802. The number of nitrogens with zero attached hydrogens (tertiary/aromatic N) is 1. The van der Waals surface area contributed by atoms with E-state index < -0.39 is 11.1 Å². The second kappa shape index (κ2) is 9.44. The van der Waals surface area contributed by atoms with Gasteiger partial charge in [0.05, 0.1) is 17.1 Å². The fraction of sp³-hybridized carbons (Fsp3) is 0.115. The Hall–Kier alpha value is -4.04. The van der Waals surface area contributed by atoms with E-state index in [1.54, 1.807) is 29.2 Å². The number of ether oxygens (including phenoxy) is 2. The van der Waals surface area contributed by atoms with Gasteiger partial charge in [0.25, 0.3) is 17.1 Å². The summed E-state index contributed by atoms with van der Waals surface area (Å²) in [5.41, 5.74) is 3.34. The molecule has 0 spiro atoms. The molecule has 7 nitrogen and oxygen atoms in total. The molecule has 2 heterocycles. The lowest BCUT2D eigenvalue weighted by atomic mass is 10.1. The van der Waals surface area contributed by atoms with Crippen LogP contribution in [0.15, 0.2) is 77.7 Å². The smallest absolute Gasteiger partial charge is 0.290 e. The summed E-state index contributed by atoms with van der Waals surface area (Å²) in [6, 6.07) is 22.9. The van der Waals surface area contributed by atoms with Crippen LogP contribution in [-0.2, 0) is 22.7 Å². The van der Waals surface area contributed by atoms with Crippen LogP contribution in [0.1, 0.15) is 16.7 Å². The zero-order valence-electron chi connectivity index (χ0n) is 18.0. The Morgan fingerprint density at radius 1 is 0.971 bits per heavy atom. The van der Waals surface area contributed by atoms with E-state index in [1.165, 1.54) is 0 Å². The van der Waals surface area contributed by atoms with E-state index in [0.29, 0.717) is 35.1 Å². The van der Waals surface area contributed by atoms with Gasteiger partial charge in [-0.15, -0.1) is 0 Å². The van der Waals surface area contributed by atoms with E-state index in [0.717, 1.165) is 28.6 Å². The maximum absolute atomic E-state index is 12.7. The largest absolute Gasteiger partial charge is 0.489 e. The molecule has 8 heteroatoms. The molecule has 3 amide bonds. The Morgan fingerprint density at radius 2 is 1.76 bits per heavy atom. The van der Waals surface area contributed by atoms with Crippen LogP contribution in [0.4, 0.5) is 10.5 Å². The van der Waals surface area contributed by atoms with Crippen LogP contribution < -0.4 is 19.7 Å². The van der Waals surface area contributed by atoms with Crippen molar-refractivity contribution >= 4 is 40.6 Å². The molecule has 1 saturated heterocycles. The Morgan fingerprint density at radius 3 is 2.50 bits per heavy atom. The summed E-state index contributed by atoms with van der Waals surface area (Å²) >= 11 is 0.852. The average Bonchev–Trinajstić information content (AvgIpc) is 3.17. The van der Waals surface area contributed by atoms with E-state index in [9.17, 15) is 14.4 Å². The zero-order valence-corrected chi connectivity index (χ0v) is 18.8. The number of imide groups is 1. The van der Waals surface area contributed by atoms with E-state index in [1.807, 2.05) is 54.6 Å². The minimum absolute atomic E-state index is 0.0432. The lowest BCUT2D eigenvalue weighted by Crippen LogP contribution is -2.38. The summed E-state index contributed by atoms with van der Waals surface area (Å²) in [5.74, 6) is 0.748. The van der Waals surface area contributed by atoms with E-state index in [-0.39, 0.29) is 12.5 Å². The van der Waals surface area contributed by atoms with Crippen molar-refractivity contribution in [3.8, 4) is 11.5 Å². The predicted octanol–water partition coefficient (Wildman–Crippen LogP) is 4.52. The molecule has 1 N–H and O–H groups in total. The molecule has 34 heavy (non-hydrogen) atoms. The molecule has 0 aliphatic carbocycles. The van der Waals surface area contributed by atoms with E-state index in [2.05, 4.69) is 5.32 Å². The first kappa shape index (κ1) is 21.8. The van der Waals surface area contributed by atoms with Gasteiger partial charge in [-0.05, 0) is 58.8 Å². The van der Waals surface area contributed by atoms with Gasteiger partial charge in [0.15, 0.2) is 6.61 Å². The fourth-order valence-electron chi connectivity index (χ4n) is 3.67. The van der Waals surface area contributed by atoms with Gasteiger partial charge in [-0.3, -0.25) is 19.7 Å². The van der Waals surface area contributed by atoms with Crippen molar-refractivity contribution < 1.29 is 23.9 Å². The van der Waals surface area contributed by atoms with Crippen LogP contribution in [0.3, 0.4) is 0 Å². The normalized spacial score (nSPS) is 16.3. The number of nitrogens with one attached hydrogen (secondary N) is 1. The highest BCUT2D eigenvalue weighted by Gasteiger charge is 2.27. The summed E-state index contributed by atoms with van der Waals surface area (Å²) < 4.78 is 11.4. The SMILES string of the molecule is O=C1NC(=O)C(=Cc2ccc3c(c2)N(Cc2ccc(OCc4ccccc4)cc2)C(=O)CO3)S1. The van der Waals surface area contributed by atoms with Crippen molar-refractivity contribution in [2.45, 2.75) is 13.2 Å². The molecule has 3 aromatic carbocycles. The first-order valence-electron chi connectivity index (χ1n) is 10.6. The lowest BCUT2D eigenvalue weighted by Gasteiger charge is -2.30. The van der Waals surface area contributed by atoms with Crippen molar-refractivity contribution in [2.24, 2.45) is 0 Å². The highest BCUT2D eigenvalue weighted by atomic mass is 32.2. The lowest BCUT2D eigenvalue weighted by molar-refractivity contribution is -0.121. The third-order valence-electron chi connectivity index (χ3n) is 5.38. The van der Waals surface area contributed by atoms with Crippen molar-refractivity contribution in [3.05, 3.63) is 94.4 Å². The highest BCUT2D eigenvalue weighted by Crippen LogP contribution is 2.36. The molecule has 170 valence electrons. The van der Waals surface area contributed by atoms with E-state index in [4.69, 9.17) is 9.47 Å². The van der Waals surface area contributed by atoms with Crippen molar-refractivity contribution in [1.82, 2.24) is 5.32 Å². The summed E-state index contributed by atoms with van der Waals surface area (Å²) in [4.78, 5) is 38.0. The van der Waals surface area contributed by atoms with Crippen LogP contribution in [0.25, 0.3) is 6.08 Å². The van der Waals surface area contributed by atoms with Crippen molar-refractivity contribution in [1.29, 1.82) is 0 Å². The van der Waals surface area contributed by atoms with Gasteiger partial charge < -0.3 is 14.4 Å². The molecule has 0 unspecified atom stereocenters. The van der Waals surface area contributed by atoms with Crippen molar-refractivity contribution in [3.63, 3.8) is 0 Å². The molecular formula is C26H20N2O5S. The highest BCUT2D eigenvalue weighted by molar-refractivity contribution is 8.18. The number of carbonyl (C=O) groups is 3. The third-order valence-corrected chi connectivity index (χ3v) is 6.19. The first-order valence-corrected chi connectivity index (χ1v) is 11.4. The molecule has 2 aliphatic heterocycles. The van der Waals surface area contributed by atoms with Gasteiger partial charge in [0.2, 0.25) is 0 Å². The summed E-state index contributed by atoms with van der Waals surface area (Å²) in [5, 5.41) is 1.84. The Labute approximate surface area is 200 Å². The number of anilines is 1. The van der Waals surface area contributed by atoms with Crippen LogP contribution in [0.5, 0.6) is 11.5 Å². The van der Waals surface area contributed by atoms with Gasteiger partial charge in [0.1, 0.15) is 18.1 Å². The number of carbonyl (C=O) groups excluding carboxylic acids is 3. The monoisotopic (exact) mass is 472 g/mol. The van der Waals surface area contributed by atoms with Crippen LogP contribution >= 0.6 is 11.8 Å². The van der Waals surface area contributed by atoms with Crippen molar-refractivity contribution in [2.75, 3.05) is 11.5 Å². The molecule has 0 atom stereocenters. The molecule has 0 saturated carbocycles. The summed E-state index contributed by atoms with van der Waals surface area (Å²) in [7, 11) is 0. The topological polar surface area (TPSA) is 84.9 Å². The number of rotatable bonds is 6. The molecule has 1 fully saturated rings. The Balaban J connectivity index is 1.32. The van der Waals surface area contributed by atoms with Crippen LogP contribution in [0, 0.1) is 0 Å². The average molecular weight is 473 g/mol. The molecule has 3 aromatic rings. The second-order valence-electron chi connectivity index (χ2n) is 7.77. The minimum Gasteiger partial charge on any atom is -0.489 e. The number of fused-ring (bicyclic) bond motifs is 1. The van der Waals surface area contributed by atoms with Crippen LogP contribution in [-0.4, -0.2) is 23.7 Å². The Kier molecular flexibility index (Phi) is 6.05. The maximum Gasteiger partial charge on any atom is 0.290 e. The second-order valence-corrected chi connectivity index (χ2v) is 8.78. The standard InChI is InChI=1S/C26H20N2O5S/c29-24-16-33-22-11-8-19(13-23-25(30)27-26(31)34-23)12-21(22)28(24)14-17-6-9-20(10-7-17)32-15-18-4-2-1-3-5-18/h1-13H,14-16H2,(H,27,30,31). The predicted molar refractivity (Wildman–Crippen MR) is 129 cm³/mol. The van der Waals surface area contributed by atoms with Crippen LogP contribution in [0.2, 0.25) is 0 Å². The quantitative estimate of drug-likeness (QED) is 0.531. The van der Waals surface area contributed by atoms with Gasteiger partial charge in [-0.1, -0.05) is 48.5 Å². The van der Waals surface area contributed by atoms with Gasteiger partial charge >= 0.3 is 0 Å². The Bertz CT molecular complexity index is 1290. The number of thioether (sulfide) groups is 1. The fourth-order valence-corrected chi connectivity index (χ4v) is 4.35. The van der Waals surface area contributed by atoms with Gasteiger partial charge in [-0.25, -0.2) is 0 Å². The number of amides is 3. The molecule has 2 aliphatic rings. The molecule has 0 aromatic heterocycles. The first-order chi connectivity index (χ1) is 16.5. The van der Waals surface area contributed by atoms with Gasteiger partial charge in [0, 0.05) is 0 Å². The number of hydrogen-bond donors (Lipinski definition) is 1. The maximum atomic E-state index is 12.7. The summed E-state index contributed by atoms with van der Waals surface area (Å²) in [6.07, 6.45) is 1.63. The third kappa shape index (κ3) is 4.82. The number of benzene rings is 3. The molecule has 5 rings (SSSR count). The molecule has 0 bridgehead atoms. The molecular weight excluding hydrogens is 452 g/mol. The molecule has 0 radical (unpaired) electrons.